The molecule has 1 fully saturated rings. The van der Waals surface area contributed by atoms with Crippen LogP contribution in [0.15, 0.2) is 43.1 Å². The van der Waals surface area contributed by atoms with E-state index >= 15 is 4.39 Å². The number of aromatic hydroxyl groups is 1. The van der Waals surface area contributed by atoms with Crippen LogP contribution < -0.4 is 9.80 Å². The van der Waals surface area contributed by atoms with E-state index in [4.69, 9.17) is 11.6 Å². The molecule has 0 spiro atoms. The highest BCUT2D eigenvalue weighted by atomic mass is 35.5. The van der Waals surface area contributed by atoms with Gasteiger partial charge in [0.25, 0.3) is 5.91 Å². The second-order valence-corrected chi connectivity index (χ2v) is 9.09. The third-order valence-electron chi connectivity index (χ3n) is 6.71. The van der Waals surface area contributed by atoms with E-state index in [1.807, 2.05) is 11.8 Å². The first kappa shape index (κ1) is 23.0. The largest absolute Gasteiger partial charge is 0.507 e. The molecule has 3 aromatic rings. The lowest BCUT2D eigenvalue weighted by atomic mass is 9.96. The number of aromatic nitrogens is 1. The number of likely N-dealkylation sites (N-methyl/N-ethyl adjacent to an activating group) is 1. The topological polar surface area (TPSA) is 77.0 Å². The number of hydrogen-bond acceptors (Lipinski definition) is 5. The highest BCUT2D eigenvalue weighted by Crippen LogP contribution is 2.47. The van der Waals surface area contributed by atoms with Crippen LogP contribution in [0.3, 0.4) is 0 Å². The minimum atomic E-state index is -0.889. The Bertz CT molecular complexity index is 1410. The van der Waals surface area contributed by atoms with Crippen molar-refractivity contribution in [2.75, 3.05) is 29.9 Å². The highest BCUT2D eigenvalue weighted by Gasteiger charge is 2.44. The highest BCUT2D eigenvalue weighted by molar-refractivity contribution is 6.34. The molecule has 1 unspecified atom stereocenters. The average molecular weight is 499 g/mol. The van der Waals surface area contributed by atoms with Crippen LogP contribution in [0, 0.1) is 11.6 Å². The lowest BCUT2D eigenvalue weighted by Gasteiger charge is -2.50. The van der Waals surface area contributed by atoms with Crippen molar-refractivity contribution in [3.63, 3.8) is 0 Å². The summed E-state index contributed by atoms with van der Waals surface area (Å²) in [5.74, 6) is -2.68. The zero-order valence-corrected chi connectivity index (χ0v) is 19.7. The van der Waals surface area contributed by atoms with E-state index in [2.05, 4.69) is 11.6 Å². The Labute approximate surface area is 204 Å². The first-order chi connectivity index (χ1) is 16.6. The van der Waals surface area contributed by atoms with Crippen LogP contribution in [0.5, 0.6) is 5.75 Å². The van der Waals surface area contributed by atoms with Gasteiger partial charge in [0.15, 0.2) is 5.82 Å². The summed E-state index contributed by atoms with van der Waals surface area (Å²) in [4.78, 5) is 34.6. The number of hydrogen-bond donors (Lipinski definition) is 1. The zero-order chi connectivity index (χ0) is 25.2. The van der Waals surface area contributed by atoms with E-state index in [1.165, 1.54) is 35.4 Å². The molecule has 2 aliphatic heterocycles. The van der Waals surface area contributed by atoms with Gasteiger partial charge in [-0.1, -0.05) is 24.2 Å². The third-order valence-corrected chi connectivity index (χ3v) is 7.01. The summed E-state index contributed by atoms with van der Waals surface area (Å²) in [6.07, 6.45) is 2.60. The van der Waals surface area contributed by atoms with Crippen molar-refractivity contribution in [3.8, 4) is 16.9 Å². The molecule has 0 radical (unpaired) electrons. The summed E-state index contributed by atoms with van der Waals surface area (Å²) < 4.78 is 30.4. The SMILES string of the molecule is C=CC(=O)N1CC2C(=O)N(C)c3cnc4c(F)c(-c5c(O)cccc5F)c(Cl)cc4c3N2C[C@H]1C. The molecule has 180 valence electrons. The number of anilines is 2. The van der Waals surface area contributed by atoms with Crippen LogP contribution in [0.2, 0.25) is 5.02 Å². The maximum Gasteiger partial charge on any atom is 0.251 e. The molecular formula is C25H21ClF2N4O3. The Morgan fingerprint density at radius 1 is 1.29 bits per heavy atom. The van der Waals surface area contributed by atoms with Crippen molar-refractivity contribution >= 4 is 45.7 Å². The maximum atomic E-state index is 15.8. The molecule has 0 aliphatic carbocycles. The van der Waals surface area contributed by atoms with E-state index in [9.17, 15) is 19.1 Å². The van der Waals surface area contributed by atoms with Gasteiger partial charge in [0.05, 0.1) is 34.7 Å². The number of halogens is 3. The molecule has 35 heavy (non-hydrogen) atoms. The smallest absolute Gasteiger partial charge is 0.251 e. The minimum Gasteiger partial charge on any atom is -0.507 e. The normalized spacial score (nSPS) is 19.6. The van der Waals surface area contributed by atoms with Gasteiger partial charge in [0.2, 0.25) is 5.91 Å². The average Bonchev–Trinajstić information content (AvgIpc) is 2.83. The van der Waals surface area contributed by atoms with E-state index in [0.717, 1.165) is 6.07 Å². The Hall–Kier alpha value is -3.72. The monoisotopic (exact) mass is 498 g/mol. The van der Waals surface area contributed by atoms with Crippen molar-refractivity contribution in [1.29, 1.82) is 0 Å². The predicted molar refractivity (Wildman–Crippen MR) is 130 cm³/mol. The molecule has 2 aromatic carbocycles. The number of phenols is 1. The van der Waals surface area contributed by atoms with Gasteiger partial charge in [0, 0.05) is 30.6 Å². The van der Waals surface area contributed by atoms with Crippen LogP contribution in [-0.2, 0) is 9.59 Å². The van der Waals surface area contributed by atoms with Crippen LogP contribution in [-0.4, -0.2) is 59.0 Å². The van der Waals surface area contributed by atoms with Crippen molar-refractivity contribution in [3.05, 3.63) is 59.8 Å². The number of rotatable bonds is 2. The van der Waals surface area contributed by atoms with E-state index < -0.39 is 23.4 Å². The molecule has 2 atom stereocenters. The van der Waals surface area contributed by atoms with Gasteiger partial charge in [0.1, 0.15) is 23.1 Å². The number of amides is 2. The van der Waals surface area contributed by atoms with Gasteiger partial charge < -0.3 is 19.8 Å². The van der Waals surface area contributed by atoms with Crippen LogP contribution in [0.4, 0.5) is 20.2 Å². The number of fused-ring (bicyclic) bond motifs is 5. The van der Waals surface area contributed by atoms with Crippen LogP contribution >= 0.6 is 11.6 Å². The fraction of sp³-hybridized carbons (Fsp3) is 0.240. The molecular weight excluding hydrogens is 478 g/mol. The van der Waals surface area contributed by atoms with E-state index in [1.54, 1.807) is 11.9 Å². The van der Waals surface area contributed by atoms with Crippen LogP contribution in [0.1, 0.15) is 6.92 Å². The van der Waals surface area contributed by atoms with Crippen molar-refractivity contribution in [2.24, 2.45) is 0 Å². The summed E-state index contributed by atoms with van der Waals surface area (Å²) in [7, 11) is 1.59. The molecule has 1 saturated heterocycles. The molecule has 10 heteroatoms. The van der Waals surface area contributed by atoms with Gasteiger partial charge in [-0.25, -0.2) is 8.78 Å². The summed E-state index contributed by atoms with van der Waals surface area (Å²) in [5.41, 5.74) is 0.279. The second-order valence-electron chi connectivity index (χ2n) is 8.68. The maximum absolute atomic E-state index is 15.8. The molecule has 3 heterocycles. The fourth-order valence-electron chi connectivity index (χ4n) is 4.98. The van der Waals surface area contributed by atoms with Crippen LogP contribution in [0.25, 0.3) is 22.0 Å². The summed E-state index contributed by atoms with van der Waals surface area (Å²) >= 11 is 6.47. The number of carbonyl (C=O) groups is 2. The van der Waals surface area contributed by atoms with Gasteiger partial charge in [-0.2, -0.15) is 0 Å². The first-order valence-electron chi connectivity index (χ1n) is 10.9. The molecule has 0 bridgehead atoms. The molecule has 1 N–H and O–H groups in total. The molecule has 2 amide bonds. The quantitative estimate of drug-likeness (QED) is 0.538. The van der Waals surface area contributed by atoms with E-state index in [0.29, 0.717) is 23.3 Å². The molecule has 2 aliphatic rings. The number of nitrogens with zero attached hydrogens (tertiary/aromatic N) is 4. The molecule has 5 rings (SSSR count). The van der Waals surface area contributed by atoms with Crippen molar-refractivity contribution in [2.45, 2.75) is 19.0 Å². The number of phenolic OH excluding ortho intramolecular Hbond substituents is 1. The second kappa shape index (κ2) is 8.20. The molecule has 0 saturated carbocycles. The predicted octanol–water partition coefficient (Wildman–Crippen LogP) is 4.11. The molecule has 7 nitrogen and oxygen atoms in total. The number of benzene rings is 2. The summed E-state index contributed by atoms with van der Waals surface area (Å²) in [6.45, 7) is 5.84. The molecule has 1 aromatic heterocycles. The number of piperazine rings is 1. The Morgan fingerprint density at radius 2 is 2.03 bits per heavy atom. The Kier molecular flexibility index (Phi) is 5.40. The number of carbonyl (C=O) groups excluding carboxylic acids is 2. The summed E-state index contributed by atoms with van der Waals surface area (Å²) in [6, 6.07) is 4.18. The van der Waals surface area contributed by atoms with Gasteiger partial charge in [-0.3, -0.25) is 14.6 Å². The van der Waals surface area contributed by atoms with Crippen molar-refractivity contribution < 1.29 is 23.5 Å². The lowest BCUT2D eigenvalue weighted by molar-refractivity contribution is -0.130. The van der Waals surface area contributed by atoms with Gasteiger partial charge in [-0.15, -0.1) is 0 Å². The third kappa shape index (κ3) is 3.33. The summed E-state index contributed by atoms with van der Waals surface area (Å²) in [5, 5.41) is 10.4. The first-order valence-corrected chi connectivity index (χ1v) is 11.3. The van der Waals surface area contributed by atoms with Gasteiger partial charge >= 0.3 is 0 Å². The minimum absolute atomic E-state index is 0.0791. The number of pyridine rings is 1. The Morgan fingerprint density at radius 3 is 2.71 bits per heavy atom. The Balaban J connectivity index is 1.74. The standard InChI is InChI=1S/C25H21ClF2N4O3/c1-4-19(34)31-11-17-25(35)30(3)16-9-29-23-13(24(16)32(17)10-12(31)2)8-14(26)20(22(23)28)21-15(27)6-5-7-18(21)33/h4-9,12,17,33H,1,10-11H2,2-3H3/t12-,17?/m1/s1. The van der Waals surface area contributed by atoms with Crippen molar-refractivity contribution in [1.82, 2.24) is 9.88 Å². The zero-order valence-electron chi connectivity index (χ0n) is 18.9. The van der Waals surface area contributed by atoms with E-state index in [-0.39, 0.29) is 46.1 Å². The van der Waals surface area contributed by atoms with Gasteiger partial charge in [-0.05, 0) is 31.2 Å². The fourth-order valence-corrected chi connectivity index (χ4v) is 5.26. The lowest BCUT2D eigenvalue weighted by Crippen LogP contribution is -2.65.